The maximum atomic E-state index is 11.4. The minimum Gasteiger partial charge on any atom is -0.398 e. The molecule has 3 nitrogen and oxygen atoms in total. The zero-order chi connectivity index (χ0) is 10.3. The number of nitrogens with zero attached hydrogens (tertiary/aromatic N) is 1. The predicted molar refractivity (Wildman–Crippen MR) is 61.3 cm³/mol. The first-order valence-electron chi connectivity index (χ1n) is 4.14. The summed E-state index contributed by atoms with van der Waals surface area (Å²) < 4.78 is 2.52. The van der Waals surface area contributed by atoms with Gasteiger partial charge in [0.1, 0.15) is 0 Å². The monoisotopic (exact) mass is 252 g/mol. The number of nitrogens with two attached hydrogens (primary N) is 1. The molecule has 14 heavy (non-hydrogen) atoms. The zero-order valence-electron chi connectivity index (χ0n) is 7.62. The summed E-state index contributed by atoms with van der Waals surface area (Å²) >= 11 is 3.36. The number of fused-ring (bicyclic) bond motifs is 1. The summed E-state index contributed by atoms with van der Waals surface area (Å²) in [7, 11) is 1.73. The lowest BCUT2D eigenvalue weighted by Gasteiger charge is -2.06. The van der Waals surface area contributed by atoms with Gasteiger partial charge in [-0.2, -0.15) is 0 Å². The highest BCUT2D eigenvalue weighted by Crippen LogP contribution is 2.22. The number of benzene rings is 1. The molecule has 1 aromatic heterocycles. The number of halogens is 1. The molecule has 2 rings (SSSR count). The van der Waals surface area contributed by atoms with Gasteiger partial charge in [-0.3, -0.25) is 4.79 Å². The molecule has 0 spiro atoms. The van der Waals surface area contributed by atoms with Gasteiger partial charge in [-0.1, -0.05) is 15.9 Å². The molecule has 0 unspecified atom stereocenters. The van der Waals surface area contributed by atoms with Crippen molar-refractivity contribution in [3.05, 3.63) is 39.1 Å². The summed E-state index contributed by atoms with van der Waals surface area (Å²) in [6.45, 7) is 0. The quantitative estimate of drug-likeness (QED) is 0.779. The highest BCUT2D eigenvalue weighted by atomic mass is 79.9. The Labute approximate surface area is 89.3 Å². The van der Waals surface area contributed by atoms with Crippen LogP contribution in [0.5, 0.6) is 0 Å². The van der Waals surface area contributed by atoms with Gasteiger partial charge in [-0.15, -0.1) is 0 Å². The van der Waals surface area contributed by atoms with Crippen LogP contribution in [0.1, 0.15) is 0 Å². The van der Waals surface area contributed by atoms with Crippen molar-refractivity contribution in [1.82, 2.24) is 4.57 Å². The SMILES string of the molecule is Cn1c(=O)cc(N)c2ccc(Br)cc21. The van der Waals surface area contributed by atoms with Crippen molar-refractivity contribution in [3.8, 4) is 0 Å². The molecule has 0 bridgehead atoms. The van der Waals surface area contributed by atoms with Crippen LogP contribution in [0.2, 0.25) is 0 Å². The number of hydrogen-bond donors (Lipinski definition) is 1. The third-order valence-corrected chi connectivity index (χ3v) is 2.73. The van der Waals surface area contributed by atoms with Crippen molar-refractivity contribution >= 4 is 32.5 Å². The summed E-state index contributed by atoms with van der Waals surface area (Å²) in [4.78, 5) is 11.4. The number of rotatable bonds is 0. The average Bonchev–Trinajstić information content (AvgIpc) is 2.14. The molecule has 2 N–H and O–H groups in total. The summed E-state index contributed by atoms with van der Waals surface area (Å²) in [6, 6.07) is 7.13. The predicted octanol–water partition coefficient (Wildman–Crippen LogP) is 1.88. The first-order valence-corrected chi connectivity index (χ1v) is 4.93. The molecule has 4 heteroatoms. The van der Waals surface area contributed by atoms with E-state index in [2.05, 4.69) is 15.9 Å². The van der Waals surface area contributed by atoms with Gasteiger partial charge in [0.15, 0.2) is 0 Å². The largest absolute Gasteiger partial charge is 0.398 e. The van der Waals surface area contributed by atoms with E-state index in [0.29, 0.717) is 5.69 Å². The van der Waals surface area contributed by atoms with Gasteiger partial charge in [0.25, 0.3) is 5.56 Å². The molecule has 0 amide bonds. The van der Waals surface area contributed by atoms with Crippen LogP contribution < -0.4 is 11.3 Å². The van der Waals surface area contributed by atoms with Gasteiger partial charge in [-0.05, 0) is 18.2 Å². The number of nitrogen functional groups attached to an aromatic ring is 1. The second-order valence-electron chi connectivity index (χ2n) is 3.16. The zero-order valence-corrected chi connectivity index (χ0v) is 9.21. The number of aromatic nitrogens is 1. The second-order valence-corrected chi connectivity index (χ2v) is 4.07. The topological polar surface area (TPSA) is 48.0 Å². The minimum absolute atomic E-state index is 0.0897. The van der Waals surface area contributed by atoms with Crippen molar-refractivity contribution in [1.29, 1.82) is 0 Å². The van der Waals surface area contributed by atoms with Crippen LogP contribution in [-0.2, 0) is 7.05 Å². The van der Waals surface area contributed by atoms with Crippen LogP contribution in [-0.4, -0.2) is 4.57 Å². The first kappa shape index (κ1) is 9.27. The van der Waals surface area contributed by atoms with Crippen LogP contribution in [0.15, 0.2) is 33.5 Å². The van der Waals surface area contributed by atoms with Gasteiger partial charge in [0.05, 0.1) is 5.52 Å². The number of pyridine rings is 1. The van der Waals surface area contributed by atoms with Crippen LogP contribution >= 0.6 is 15.9 Å². The smallest absolute Gasteiger partial charge is 0.252 e. The number of aryl methyl sites for hydroxylation is 1. The van der Waals surface area contributed by atoms with Crippen LogP contribution in [0.4, 0.5) is 5.69 Å². The first-order chi connectivity index (χ1) is 6.59. The van der Waals surface area contributed by atoms with E-state index >= 15 is 0 Å². The Morgan fingerprint density at radius 3 is 2.79 bits per heavy atom. The lowest BCUT2D eigenvalue weighted by molar-refractivity contribution is 0.907. The maximum Gasteiger partial charge on any atom is 0.252 e. The molecule has 1 aromatic carbocycles. The third kappa shape index (κ3) is 1.32. The normalized spacial score (nSPS) is 10.7. The van der Waals surface area contributed by atoms with E-state index in [4.69, 9.17) is 5.73 Å². The van der Waals surface area contributed by atoms with Gasteiger partial charge >= 0.3 is 0 Å². The van der Waals surface area contributed by atoms with Gasteiger partial charge in [0.2, 0.25) is 0 Å². The van der Waals surface area contributed by atoms with Gasteiger partial charge in [0, 0.05) is 28.7 Å². The van der Waals surface area contributed by atoms with E-state index in [-0.39, 0.29) is 5.56 Å². The highest BCUT2D eigenvalue weighted by molar-refractivity contribution is 9.10. The summed E-state index contributed by atoms with van der Waals surface area (Å²) in [5, 5.41) is 0.898. The van der Waals surface area contributed by atoms with E-state index < -0.39 is 0 Å². The van der Waals surface area contributed by atoms with Crippen molar-refractivity contribution in [2.75, 3.05) is 5.73 Å². The molecule has 1 heterocycles. The fourth-order valence-electron chi connectivity index (χ4n) is 1.45. The summed E-state index contributed by atoms with van der Waals surface area (Å²) in [5.41, 5.74) is 7.02. The molecule has 0 aliphatic heterocycles. The lowest BCUT2D eigenvalue weighted by atomic mass is 10.2. The Morgan fingerprint density at radius 1 is 1.36 bits per heavy atom. The fourth-order valence-corrected chi connectivity index (χ4v) is 1.80. The molecule has 0 atom stereocenters. The van der Waals surface area contributed by atoms with Crippen LogP contribution in [0.3, 0.4) is 0 Å². The van der Waals surface area contributed by atoms with Gasteiger partial charge < -0.3 is 10.3 Å². The molecule has 0 saturated heterocycles. The highest BCUT2D eigenvalue weighted by Gasteiger charge is 2.03. The van der Waals surface area contributed by atoms with Crippen LogP contribution in [0, 0.1) is 0 Å². The molecule has 0 radical (unpaired) electrons. The Balaban J connectivity index is 3.03. The van der Waals surface area contributed by atoms with E-state index in [0.717, 1.165) is 15.4 Å². The molecular formula is C10H9BrN2O. The standard InChI is InChI=1S/C10H9BrN2O/c1-13-9-4-6(11)2-3-7(9)8(12)5-10(13)14/h2-5H,12H2,1H3. The molecule has 72 valence electrons. The molecular weight excluding hydrogens is 244 g/mol. The van der Waals surface area contributed by atoms with E-state index in [1.807, 2.05) is 18.2 Å². The molecule has 0 fully saturated rings. The molecule has 2 aromatic rings. The van der Waals surface area contributed by atoms with Crippen LogP contribution in [0.25, 0.3) is 10.9 Å². The van der Waals surface area contributed by atoms with E-state index in [9.17, 15) is 4.79 Å². The van der Waals surface area contributed by atoms with Crippen molar-refractivity contribution in [2.45, 2.75) is 0 Å². The molecule has 0 saturated carbocycles. The molecule has 0 aliphatic carbocycles. The third-order valence-electron chi connectivity index (χ3n) is 2.24. The molecule has 0 aliphatic rings. The van der Waals surface area contributed by atoms with Gasteiger partial charge in [-0.25, -0.2) is 0 Å². The Kier molecular flexibility index (Phi) is 2.07. The minimum atomic E-state index is -0.0897. The lowest BCUT2D eigenvalue weighted by Crippen LogP contribution is -2.16. The Morgan fingerprint density at radius 2 is 2.07 bits per heavy atom. The van der Waals surface area contributed by atoms with Crippen molar-refractivity contribution < 1.29 is 0 Å². The average molecular weight is 253 g/mol. The number of anilines is 1. The second kappa shape index (κ2) is 3.13. The summed E-state index contributed by atoms with van der Waals surface area (Å²) in [5.74, 6) is 0. The maximum absolute atomic E-state index is 11.4. The van der Waals surface area contributed by atoms with E-state index in [1.165, 1.54) is 6.07 Å². The van der Waals surface area contributed by atoms with E-state index in [1.54, 1.807) is 11.6 Å². The summed E-state index contributed by atoms with van der Waals surface area (Å²) in [6.07, 6.45) is 0. The fraction of sp³-hybridized carbons (Fsp3) is 0.100. The Bertz CT molecular complexity index is 560. The van der Waals surface area contributed by atoms with Crippen molar-refractivity contribution in [2.24, 2.45) is 7.05 Å². The van der Waals surface area contributed by atoms with Crippen molar-refractivity contribution in [3.63, 3.8) is 0 Å². The Hall–Kier alpha value is -1.29. The number of hydrogen-bond acceptors (Lipinski definition) is 2.